The predicted octanol–water partition coefficient (Wildman–Crippen LogP) is 7.39. The number of hydrogen-bond donors (Lipinski definition) is 0. The first-order chi connectivity index (χ1) is 19.3. The maximum atomic E-state index is 6.42. The number of rotatable bonds is 10. The van der Waals surface area contributed by atoms with E-state index in [1.165, 1.54) is 55.6 Å². The molecule has 0 atom stereocenters. The van der Waals surface area contributed by atoms with Crippen LogP contribution in [0.15, 0.2) is 72.8 Å². The molecule has 0 fully saturated rings. The van der Waals surface area contributed by atoms with Gasteiger partial charge in [-0.05, 0) is 84.3 Å². The molecule has 208 valence electrons. The van der Waals surface area contributed by atoms with Gasteiger partial charge >= 0.3 is 0 Å². The van der Waals surface area contributed by atoms with Crippen LogP contribution < -0.4 is 9.64 Å². The highest BCUT2D eigenvalue weighted by molar-refractivity contribution is 5.87. The molecular weight excluding hydrogens is 494 g/mol. The number of anilines is 1. The lowest BCUT2D eigenvalue weighted by atomic mass is 9.67. The summed E-state index contributed by atoms with van der Waals surface area (Å²) in [6, 6.07) is 27.5. The summed E-state index contributed by atoms with van der Waals surface area (Å²) < 4.78 is 17.2. The molecule has 4 nitrogen and oxygen atoms in total. The van der Waals surface area contributed by atoms with E-state index in [9.17, 15) is 0 Å². The molecule has 4 heteroatoms. The van der Waals surface area contributed by atoms with E-state index in [-0.39, 0.29) is 0 Å². The van der Waals surface area contributed by atoms with Gasteiger partial charge in [0.25, 0.3) is 0 Å². The first-order valence-electron chi connectivity index (χ1n) is 14.1. The van der Waals surface area contributed by atoms with Gasteiger partial charge in [0.1, 0.15) is 12.4 Å². The second kappa shape index (κ2) is 11.5. The van der Waals surface area contributed by atoms with Crippen molar-refractivity contribution in [1.82, 2.24) is 0 Å². The molecule has 5 rings (SSSR count). The normalized spacial score (nSPS) is 13.2. The standard InChI is InChI=1S/C36H41NO3/c1-24-8-13-30-31-14-9-25(2)21-33(31)36(32(30)20-24,28-11-10-26(3)27(4)22-28)29-12-15-34(37(5)6)35(23-29)40-19-18-39-17-16-38-7/h8-15,20-23H,16-19H2,1-7H3. The van der Waals surface area contributed by atoms with Crippen LogP contribution in [0.1, 0.15) is 44.5 Å². The summed E-state index contributed by atoms with van der Waals surface area (Å²) in [6.45, 7) is 10.9. The smallest absolute Gasteiger partial charge is 0.143 e. The lowest BCUT2D eigenvalue weighted by molar-refractivity contribution is 0.0545. The minimum atomic E-state index is -0.473. The van der Waals surface area contributed by atoms with Gasteiger partial charge in [-0.25, -0.2) is 0 Å². The number of hydrogen-bond acceptors (Lipinski definition) is 4. The number of methoxy groups -OCH3 is 1. The summed E-state index contributed by atoms with van der Waals surface area (Å²) in [5.74, 6) is 0.858. The second-order valence-electron chi connectivity index (χ2n) is 11.2. The number of fused-ring (bicyclic) bond motifs is 3. The van der Waals surface area contributed by atoms with Crippen LogP contribution in [0.3, 0.4) is 0 Å². The first-order valence-corrected chi connectivity index (χ1v) is 14.1. The minimum absolute atomic E-state index is 0.468. The van der Waals surface area contributed by atoms with Crippen LogP contribution in [-0.2, 0) is 14.9 Å². The molecule has 0 unspecified atom stereocenters. The van der Waals surface area contributed by atoms with E-state index in [0.29, 0.717) is 26.4 Å². The van der Waals surface area contributed by atoms with E-state index >= 15 is 0 Å². The van der Waals surface area contributed by atoms with Gasteiger partial charge in [0.05, 0.1) is 30.9 Å². The Labute approximate surface area is 239 Å². The van der Waals surface area contributed by atoms with Gasteiger partial charge in [-0.1, -0.05) is 71.8 Å². The Morgan fingerprint density at radius 3 is 1.82 bits per heavy atom. The fourth-order valence-electron chi connectivity index (χ4n) is 6.00. The largest absolute Gasteiger partial charge is 0.489 e. The van der Waals surface area contributed by atoms with Gasteiger partial charge in [-0.15, -0.1) is 0 Å². The zero-order valence-electron chi connectivity index (χ0n) is 24.9. The summed E-state index contributed by atoms with van der Waals surface area (Å²) in [4.78, 5) is 2.11. The van der Waals surface area contributed by atoms with E-state index in [2.05, 4.69) is 119 Å². The molecule has 1 aliphatic carbocycles. The van der Waals surface area contributed by atoms with Crippen molar-refractivity contribution in [3.05, 3.63) is 117 Å². The first kappa shape index (κ1) is 27.9. The zero-order chi connectivity index (χ0) is 28.4. The van der Waals surface area contributed by atoms with Crippen molar-refractivity contribution in [1.29, 1.82) is 0 Å². The average molecular weight is 536 g/mol. The molecule has 0 radical (unpaired) electrons. The van der Waals surface area contributed by atoms with Gasteiger partial charge in [-0.3, -0.25) is 0 Å². The van der Waals surface area contributed by atoms with Crippen LogP contribution in [0.2, 0.25) is 0 Å². The molecule has 0 saturated carbocycles. The molecule has 4 aromatic rings. The van der Waals surface area contributed by atoms with Crippen molar-refractivity contribution in [2.45, 2.75) is 33.1 Å². The van der Waals surface area contributed by atoms with Crippen molar-refractivity contribution < 1.29 is 14.2 Å². The van der Waals surface area contributed by atoms with Crippen LogP contribution in [0.5, 0.6) is 5.75 Å². The number of benzene rings is 4. The van der Waals surface area contributed by atoms with E-state index < -0.39 is 5.41 Å². The molecule has 0 spiro atoms. The summed E-state index contributed by atoms with van der Waals surface area (Å²) in [6.07, 6.45) is 0. The lowest BCUT2D eigenvalue weighted by Crippen LogP contribution is -2.29. The SMILES string of the molecule is COCCOCCOc1cc(C2(c3ccc(C)c(C)c3)c3cc(C)ccc3-c3ccc(C)cc32)ccc1N(C)C. The van der Waals surface area contributed by atoms with Crippen molar-refractivity contribution >= 4 is 5.69 Å². The Hall–Kier alpha value is -3.60. The van der Waals surface area contributed by atoms with Crippen LogP contribution in [0.4, 0.5) is 5.69 Å². The zero-order valence-corrected chi connectivity index (χ0v) is 24.9. The second-order valence-corrected chi connectivity index (χ2v) is 11.2. The monoisotopic (exact) mass is 535 g/mol. The van der Waals surface area contributed by atoms with Gasteiger partial charge in [0.2, 0.25) is 0 Å². The maximum Gasteiger partial charge on any atom is 0.143 e. The highest BCUT2D eigenvalue weighted by Crippen LogP contribution is 2.57. The van der Waals surface area contributed by atoms with Crippen LogP contribution in [-0.4, -0.2) is 47.6 Å². The lowest BCUT2D eigenvalue weighted by Gasteiger charge is -2.35. The molecule has 0 aromatic heterocycles. The molecule has 0 amide bonds. The molecule has 0 heterocycles. The van der Waals surface area contributed by atoms with E-state index in [0.717, 1.165) is 11.4 Å². The van der Waals surface area contributed by atoms with E-state index in [1.54, 1.807) is 7.11 Å². The van der Waals surface area contributed by atoms with Crippen LogP contribution >= 0.6 is 0 Å². The third-order valence-corrected chi connectivity index (χ3v) is 8.18. The Kier molecular flexibility index (Phi) is 8.02. The molecule has 1 aliphatic rings. The third-order valence-electron chi connectivity index (χ3n) is 8.18. The Bertz CT molecular complexity index is 1470. The fourth-order valence-corrected chi connectivity index (χ4v) is 6.00. The Morgan fingerprint density at radius 2 is 1.23 bits per heavy atom. The maximum absolute atomic E-state index is 6.42. The van der Waals surface area contributed by atoms with Crippen LogP contribution in [0.25, 0.3) is 11.1 Å². The number of aryl methyl sites for hydroxylation is 4. The molecule has 0 saturated heterocycles. The molecule has 0 N–H and O–H groups in total. The Balaban J connectivity index is 1.74. The summed E-state index contributed by atoms with van der Waals surface area (Å²) >= 11 is 0. The summed E-state index contributed by atoms with van der Waals surface area (Å²) in [7, 11) is 5.80. The minimum Gasteiger partial charge on any atom is -0.489 e. The van der Waals surface area contributed by atoms with Crippen molar-refractivity contribution in [3.63, 3.8) is 0 Å². The predicted molar refractivity (Wildman–Crippen MR) is 165 cm³/mol. The highest BCUT2D eigenvalue weighted by Gasteiger charge is 2.46. The average Bonchev–Trinajstić information content (AvgIpc) is 3.21. The van der Waals surface area contributed by atoms with Crippen LogP contribution in [0, 0.1) is 27.7 Å². The Morgan fingerprint density at radius 1 is 0.625 bits per heavy atom. The molecule has 0 bridgehead atoms. The van der Waals surface area contributed by atoms with Crippen molar-refractivity contribution in [2.75, 3.05) is 52.5 Å². The molecule has 40 heavy (non-hydrogen) atoms. The molecule has 4 aromatic carbocycles. The number of ether oxygens (including phenoxy) is 3. The van der Waals surface area contributed by atoms with Crippen molar-refractivity contribution in [3.8, 4) is 16.9 Å². The number of nitrogens with zero attached hydrogens (tertiary/aromatic N) is 1. The van der Waals surface area contributed by atoms with Crippen molar-refractivity contribution in [2.24, 2.45) is 0 Å². The van der Waals surface area contributed by atoms with Gasteiger partial charge in [-0.2, -0.15) is 0 Å². The quantitative estimate of drug-likeness (QED) is 0.175. The summed E-state index contributed by atoms with van der Waals surface area (Å²) in [5, 5.41) is 0. The van der Waals surface area contributed by atoms with E-state index in [1.807, 2.05) is 0 Å². The fraction of sp³-hybridized carbons (Fsp3) is 0.333. The van der Waals surface area contributed by atoms with Gasteiger partial charge in [0.15, 0.2) is 0 Å². The summed E-state index contributed by atoms with van der Waals surface area (Å²) in [5.41, 5.74) is 13.4. The van der Waals surface area contributed by atoms with Gasteiger partial charge < -0.3 is 19.1 Å². The third kappa shape index (κ3) is 4.91. The molecular formula is C36H41NO3. The van der Waals surface area contributed by atoms with E-state index in [4.69, 9.17) is 14.2 Å². The highest BCUT2D eigenvalue weighted by atomic mass is 16.5. The van der Waals surface area contributed by atoms with Gasteiger partial charge in [0, 0.05) is 21.2 Å². The topological polar surface area (TPSA) is 30.9 Å². The molecule has 0 aliphatic heterocycles.